The predicted octanol–water partition coefficient (Wildman–Crippen LogP) is 28.0. The van der Waals surface area contributed by atoms with E-state index in [1.54, 1.807) is 0 Å². The Morgan fingerprint density at radius 2 is 0.456 bits per heavy atom. The van der Waals surface area contributed by atoms with Gasteiger partial charge in [0.2, 0.25) is 0 Å². The van der Waals surface area contributed by atoms with E-state index in [1.165, 1.54) is 71.0 Å². The zero-order valence-corrected chi connectivity index (χ0v) is 66.0. The number of fused-ring (bicyclic) bond motifs is 9. The SMILES string of the molecule is Brc1ccc2c(c1)c1ccccc1n2-c1ccc(-c2cc(-c3ccccc3)cc(-c3ccccc3)n2)cc1.Brc1ccc2c(c1)c1ccccc1n2-c1ccc(-c2cc(-c3ccccn3)cc(-c3ccccn3)c2)cc1.Brc1ccc2c(c1)c1ccccc1n2-c1ccc(-c2nc(-c3ccccc3)nc(-c3ccccc3)n2)cc1. The van der Waals surface area contributed by atoms with Crippen LogP contribution in [0.5, 0.6) is 0 Å². The average molecular weight is 1660 g/mol. The van der Waals surface area contributed by atoms with Crippen LogP contribution in [0.3, 0.4) is 0 Å². The Morgan fingerprint density at radius 1 is 0.175 bits per heavy atom. The molecule has 7 heterocycles. The molecule has 540 valence electrons. The number of nitrogens with zero attached hydrogens (tertiary/aromatic N) is 9. The van der Waals surface area contributed by atoms with Crippen molar-refractivity contribution < 1.29 is 0 Å². The molecular weight excluding hydrogens is 1590 g/mol. The second kappa shape index (κ2) is 31.3. The van der Waals surface area contributed by atoms with Gasteiger partial charge in [0.05, 0.1) is 55.9 Å². The van der Waals surface area contributed by atoms with Gasteiger partial charge < -0.3 is 13.7 Å². The summed E-state index contributed by atoms with van der Waals surface area (Å²) in [6.45, 7) is 0. The first-order valence-electron chi connectivity index (χ1n) is 37.6. The fraction of sp³-hybridized carbons (Fsp3) is 0. The summed E-state index contributed by atoms with van der Waals surface area (Å²) in [4.78, 5) is 28.8. The quantitative estimate of drug-likeness (QED) is 0.121. The second-order valence-corrected chi connectivity index (χ2v) is 30.6. The number of para-hydroxylation sites is 3. The fourth-order valence-corrected chi connectivity index (χ4v) is 16.4. The minimum absolute atomic E-state index is 0.649. The molecule has 0 atom stereocenters. The van der Waals surface area contributed by atoms with Gasteiger partial charge in [-0.3, -0.25) is 9.97 Å². The summed E-state index contributed by atoms with van der Waals surface area (Å²) in [6, 6.07) is 135. The van der Waals surface area contributed by atoms with Gasteiger partial charge in [0.1, 0.15) is 0 Å². The standard InChI is InChI=1S/C35H23BrN2.C34H22BrN3.C33H21BrN4/c36-28-17-20-35-31(23-28)30-13-7-8-14-34(30)38(35)29-18-15-26(16-19-29)33-22-27(24-9-3-1-4-10-24)21-32(37-33)25-11-5-2-6-12-25;35-27-13-16-34-30(22-27)29-7-1-2-10-33(29)38(34)28-14-11-23(12-15-28)24-19-25(31-8-3-5-17-36-31)21-26(20-24)32-9-4-6-18-37-32;34-25-17-20-30-28(21-25)27-13-7-8-14-29(27)38(30)26-18-15-24(16-19-26)33-36-31(22-9-3-1-4-10-22)35-32(37-33)23-11-5-2-6-12-23/h1-23H;1-22H;1-21H. The van der Waals surface area contributed by atoms with Crippen LogP contribution < -0.4 is 0 Å². The van der Waals surface area contributed by atoms with Gasteiger partial charge in [-0.25, -0.2) is 19.9 Å². The van der Waals surface area contributed by atoms with E-state index in [0.29, 0.717) is 17.5 Å². The minimum atomic E-state index is 0.649. The number of hydrogen-bond donors (Lipinski definition) is 0. The van der Waals surface area contributed by atoms with E-state index in [1.807, 2.05) is 116 Å². The molecule has 0 radical (unpaired) electrons. The Morgan fingerprint density at radius 3 is 0.833 bits per heavy atom. The van der Waals surface area contributed by atoms with Crippen molar-refractivity contribution in [1.29, 1.82) is 0 Å². The van der Waals surface area contributed by atoms with Crippen LogP contribution in [0.1, 0.15) is 0 Å². The van der Waals surface area contributed by atoms with Crippen molar-refractivity contribution >= 4 is 113 Å². The zero-order chi connectivity index (χ0) is 76.4. The number of pyridine rings is 3. The van der Waals surface area contributed by atoms with Crippen LogP contribution in [0.2, 0.25) is 0 Å². The van der Waals surface area contributed by atoms with Gasteiger partial charge in [-0.15, -0.1) is 0 Å². The molecule has 0 saturated carbocycles. The van der Waals surface area contributed by atoms with Crippen LogP contribution in [0, 0.1) is 0 Å². The summed E-state index contributed by atoms with van der Waals surface area (Å²) in [6.07, 6.45) is 3.67. The first-order chi connectivity index (χ1) is 56.2. The van der Waals surface area contributed by atoms with Crippen molar-refractivity contribution in [3.8, 4) is 119 Å². The lowest BCUT2D eigenvalue weighted by atomic mass is 9.96. The third kappa shape index (κ3) is 14.2. The molecule has 114 heavy (non-hydrogen) atoms. The molecule has 7 aromatic heterocycles. The van der Waals surface area contributed by atoms with E-state index in [9.17, 15) is 0 Å². The number of benzene rings is 14. The maximum atomic E-state index is 5.09. The van der Waals surface area contributed by atoms with Crippen LogP contribution in [0.25, 0.3) is 184 Å². The number of halogens is 3. The van der Waals surface area contributed by atoms with E-state index in [2.05, 4.69) is 357 Å². The van der Waals surface area contributed by atoms with Crippen LogP contribution in [0.15, 0.2) is 414 Å². The molecule has 0 saturated heterocycles. The van der Waals surface area contributed by atoms with Crippen LogP contribution in [-0.4, -0.2) is 43.6 Å². The Kier molecular flexibility index (Phi) is 19.4. The Bertz CT molecular complexity index is 6230. The maximum absolute atomic E-state index is 5.09. The first-order valence-corrected chi connectivity index (χ1v) is 40.0. The maximum Gasteiger partial charge on any atom is 0.164 e. The van der Waals surface area contributed by atoms with E-state index in [4.69, 9.17) is 19.9 Å². The highest BCUT2D eigenvalue weighted by Crippen LogP contribution is 2.41. The monoisotopic (exact) mass is 1650 g/mol. The molecule has 0 N–H and O–H groups in total. The average Bonchev–Trinajstić information content (AvgIpc) is 1.59. The summed E-state index contributed by atoms with van der Waals surface area (Å²) < 4.78 is 10.2. The topological polar surface area (TPSA) is 92.1 Å². The lowest BCUT2D eigenvalue weighted by molar-refractivity contribution is 1.07. The molecular formula is C102H66Br3N9. The summed E-state index contributed by atoms with van der Waals surface area (Å²) in [5.41, 5.74) is 26.1. The van der Waals surface area contributed by atoms with Crippen LogP contribution in [-0.2, 0) is 0 Å². The van der Waals surface area contributed by atoms with Crippen molar-refractivity contribution in [2.75, 3.05) is 0 Å². The first kappa shape index (κ1) is 70.7. The summed E-state index contributed by atoms with van der Waals surface area (Å²) in [7, 11) is 0. The van der Waals surface area contributed by atoms with Gasteiger partial charge in [0, 0.05) is 114 Å². The lowest BCUT2D eigenvalue weighted by Crippen LogP contribution is -2.00. The molecule has 0 aliphatic carbocycles. The van der Waals surface area contributed by atoms with Crippen molar-refractivity contribution in [2.24, 2.45) is 0 Å². The molecule has 21 aromatic rings. The molecule has 9 nitrogen and oxygen atoms in total. The van der Waals surface area contributed by atoms with Gasteiger partial charge in [0.15, 0.2) is 17.5 Å². The normalized spacial score (nSPS) is 11.3. The molecule has 0 spiro atoms. The lowest BCUT2D eigenvalue weighted by Gasteiger charge is -2.12. The van der Waals surface area contributed by atoms with Gasteiger partial charge >= 0.3 is 0 Å². The van der Waals surface area contributed by atoms with E-state index in [0.717, 1.165) is 109 Å². The van der Waals surface area contributed by atoms with Crippen LogP contribution in [0.4, 0.5) is 0 Å². The van der Waals surface area contributed by atoms with Crippen molar-refractivity contribution in [1.82, 2.24) is 43.6 Å². The predicted molar refractivity (Wildman–Crippen MR) is 481 cm³/mol. The molecule has 21 rings (SSSR count). The van der Waals surface area contributed by atoms with Crippen molar-refractivity contribution in [3.63, 3.8) is 0 Å². The third-order valence-corrected chi connectivity index (χ3v) is 22.2. The molecule has 0 aliphatic heterocycles. The second-order valence-electron chi connectivity index (χ2n) is 27.8. The molecule has 0 fully saturated rings. The van der Waals surface area contributed by atoms with E-state index < -0.39 is 0 Å². The Labute approximate surface area is 684 Å². The largest absolute Gasteiger partial charge is 0.309 e. The summed E-state index contributed by atoms with van der Waals surface area (Å²) in [5, 5.41) is 7.42. The molecule has 14 aromatic carbocycles. The van der Waals surface area contributed by atoms with Gasteiger partial charge in [-0.1, -0.05) is 260 Å². The molecule has 0 amide bonds. The highest BCUT2D eigenvalue weighted by atomic mass is 79.9. The minimum Gasteiger partial charge on any atom is -0.309 e. The number of hydrogen-bond acceptors (Lipinski definition) is 6. The highest BCUT2D eigenvalue weighted by Gasteiger charge is 2.20. The van der Waals surface area contributed by atoms with E-state index in [-0.39, 0.29) is 0 Å². The smallest absolute Gasteiger partial charge is 0.164 e. The number of rotatable bonds is 12. The van der Waals surface area contributed by atoms with Gasteiger partial charge in [-0.2, -0.15) is 0 Å². The Hall–Kier alpha value is -13.6. The fourth-order valence-electron chi connectivity index (χ4n) is 15.3. The molecule has 0 bridgehead atoms. The Balaban J connectivity index is 0.000000115. The number of aromatic nitrogens is 9. The third-order valence-electron chi connectivity index (χ3n) is 20.7. The summed E-state index contributed by atoms with van der Waals surface area (Å²) >= 11 is 10.9. The van der Waals surface area contributed by atoms with E-state index >= 15 is 0 Å². The zero-order valence-electron chi connectivity index (χ0n) is 61.3. The van der Waals surface area contributed by atoms with Crippen LogP contribution >= 0.6 is 47.8 Å². The van der Waals surface area contributed by atoms with Gasteiger partial charge in [0.25, 0.3) is 0 Å². The van der Waals surface area contributed by atoms with Crippen molar-refractivity contribution in [3.05, 3.63) is 414 Å². The molecule has 12 heteroatoms. The van der Waals surface area contributed by atoms with Crippen molar-refractivity contribution in [2.45, 2.75) is 0 Å². The molecule has 0 aliphatic rings. The van der Waals surface area contributed by atoms with Gasteiger partial charge in [-0.05, 0) is 198 Å². The highest BCUT2D eigenvalue weighted by molar-refractivity contribution is 9.11. The molecule has 0 unspecified atom stereocenters. The summed E-state index contributed by atoms with van der Waals surface area (Å²) in [5.74, 6) is 1.97.